The summed E-state index contributed by atoms with van der Waals surface area (Å²) in [6, 6.07) is 4.76. The highest BCUT2D eigenvalue weighted by Crippen LogP contribution is 2.37. The average molecular weight is 501 g/mol. The van der Waals surface area contributed by atoms with Crippen LogP contribution in [0.2, 0.25) is 0 Å². The molecule has 0 fully saturated rings. The fourth-order valence-corrected chi connectivity index (χ4v) is 4.99. The zero-order valence-electron chi connectivity index (χ0n) is 19.9. The Morgan fingerprint density at radius 3 is 2.63 bits per heavy atom. The van der Waals surface area contributed by atoms with E-state index in [2.05, 4.69) is 24.9 Å². The number of ether oxygens (including phenoxy) is 2. The van der Waals surface area contributed by atoms with Crippen molar-refractivity contribution in [3.8, 4) is 17.2 Å². The molecule has 0 saturated carbocycles. The van der Waals surface area contributed by atoms with E-state index in [-0.39, 0.29) is 23.3 Å². The van der Waals surface area contributed by atoms with E-state index in [1.165, 1.54) is 17.7 Å². The number of methoxy groups -OCH3 is 1. The van der Waals surface area contributed by atoms with Gasteiger partial charge in [-0.3, -0.25) is 9.29 Å². The molecule has 0 bridgehead atoms. The first-order chi connectivity index (χ1) is 16.7. The molecule has 12 heteroatoms. The van der Waals surface area contributed by atoms with Gasteiger partial charge in [0, 0.05) is 18.3 Å². The fraction of sp³-hybridized carbons (Fsp3) is 0.391. The molecule has 3 heterocycles. The standard InChI is InChI=1S/C23H28N6O5S/c1-14-11-24-21(25-12-14)15(2)16(3)35(31,32)28-23-27-26-22(17-7-6-10-34-13-17)29(23)20-18(30)8-5-9-19(20)33-4/h5-9,11-12,15-17,30H,10,13H2,1-4H3,(H,27,28)/t15-,16-,17-/m0/s1. The summed E-state index contributed by atoms with van der Waals surface area (Å²) in [6.07, 6.45) is 7.07. The molecule has 0 spiro atoms. The second-order valence-electron chi connectivity index (χ2n) is 8.38. The van der Waals surface area contributed by atoms with Crippen LogP contribution in [0.4, 0.5) is 5.95 Å². The summed E-state index contributed by atoms with van der Waals surface area (Å²) < 4.78 is 41.8. The van der Waals surface area contributed by atoms with Gasteiger partial charge in [0.2, 0.25) is 16.0 Å². The number of aromatic hydroxyl groups is 1. The number of sulfonamides is 1. The zero-order chi connectivity index (χ0) is 25.2. The minimum absolute atomic E-state index is 0.0809. The normalized spacial score (nSPS) is 17.7. The van der Waals surface area contributed by atoms with E-state index >= 15 is 0 Å². The van der Waals surface area contributed by atoms with Crippen molar-refractivity contribution in [2.75, 3.05) is 25.0 Å². The van der Waals surface area contributed by atoms with Gasteiger partial charge in [-0.2, -0.15) is 0 Å². The lowest BCUT2D eigenvalue weighted by atomic mass is 10.1. The Bertz CT molecular complexity index is 1320. The van der Waals surface area contributed by atoms with Gasteiger partial charge in [0.15, 0.2) is 0 Å². The first-order valence-corrected chi connectivity index (χ1v) is 12.6. The van der Waals surface area contributed by atoms with Gasteiger partial charge in [-0.1, -0.05) is 25.1 Å². The summed E-state index contributed by atoms with van der Waals surface area (Å²) in [5.74, 6) is 0.114. The molecule has 4 rings (SSSR count). The predicted octanol–water partition coefficient (Wildman–Crippen LogP) is 2.68. The number of nitrogens with one attached hydrogen (secondary N) is 1. The number of anilines is 1. The van der Waals surface area contributed by atoms with E-state index in [4.69, 9.17) is 9.47 Å². The lowest BCUT2D eigenvalue weighted by Crippen LogP contribution is -2.31. The van der Waals surface area contributed by atoms with Crippen LogP contribution in [-0.2, 0) is 14.8 Å². The van der Waals surface area contributed by atoms with Gasteiger partial charge in [0.1, 0.15) is 28.8 Å². The van der Waals surface area contributed by atoms with Crippen molar-refractivity contribution in [3.63, 3.8) is 0 Å². The monoisotopic (exact) mass is 500 g/mol. The van der Waals surface area contributed by atoms with Crippen molar-refractivity contribution in [3.05, 3.63) is 60.0 Å². The minimum Gasteiger partial charge on any atom is -0.506 e. The quantitative estimate of drug-likeness (QED) is 0.446. The number of aryl methyl sites for hydroxylation is 1. The van der Waals surface area contributed by atoms with Gasteiger partial charge in [-0.25, -0.2) is 18.4 Å². The van der Waals surface area contributed by atoms with Crippen molar-refractivity contribution in [2.24, 2.45) is 0 Å². The summed E-state index contributed by atoms with van der Waals surface area (Å²) in [4.78, 5) is 8.55. The fourth-order valence-electron chi connectivity index (χ4n) is 3.76. The zero-order valence-corrected chi connectivity index (χ0v) is 20.7. The highest BCUT2D eigenvalue weighted by molar-refractivity contribution is 7.93. The second-order valence-corrected chi connectivity index (χ2v) is 10.4. The Hall–Kier alpha value is -3.51. The number of hydrogen-bond donors (Lipinski definition) is 2. The van der Waals surface area contributed by atoms with E-state index in [9.17, 15) is 13.5 Å². The highest BCUT2D eigenvalue weighted by Gasteiger charge is 2.33. The molecule has 2 aromatic heterocycles. The Labute approximate surface area is 203 Å². The molecule has 11 nitrogen and oxygen atoms in total. The van der Waals surface area contributed by atoms with Crippen molar-refractivity contribution in [2.45, 2.75) is 37.9 Å². The molecule has 0 radical (unpaired) electrons. The summed E-state index contributed by atoms with van der Waals surface area (Å²) in [7, 11) is -2.52. The SMILES string of the molecule is COc1cccc(O)c1-n1c(NS(=O)(=O)[C@@H](C)[C@H](C)c2ncc(C)cn2)nnc1[C@H]1C=CCOC1. The second kappa shape index (κ2) is 10.0. The van der Waals surface area contributed by atoms with E-state index in [0.717, 1.165) is 5.56 Å². The van der Waals surface area contributed by atoms with Crippen LogP contribution in [0, 0.1) is 6.92 Å². The maximum absolute atomic E-state index is 13.4. The average Bonchev–Trinajstić information content (AvgIpc) is 3.26. The molecular formula is C23H28N6O5S. The van der Waals surface area contributed by atoms with E-state index in [1.807, 2.05) is 19.1 Å². The third-order valence-electron chi connectivity index (χ3n) is 5.96. The number of benzene rings is 1. The van der Waals surface area contributed by atoms with Gasteiger partial charge in [0.05, 0.1) is 31.5 Å². The number of rotatable bonds is 8. The van der Waals surface area contributed by atoms with E-state index in [1.54, 1.807) is 38.4 Å². The Morgan fingerprint density at radius 2 is 1.97 bits per heavy atom. The van der Waals surface area contributed by atoms with Crippen molar-refractivity contribution in [1.82, 2.24) is 24.7 Å². The van der Waals surface area contributed by atoms with Crippen LogP contribution < -0.4 is 9.46 Å². The molecule has 2 N–H and O–H groups in total. The number of phenols is 1. The van der Waals surface area contributed by atoms with Gasteiger partial charge in [-0.05, 0) is 31.5 Å². The molecule has 0 unspecified atom stereocenters. The number of nitrogens with zero attached hydrogens (tertiary/aromatic N) is 5. The van der Waals surface area contributed by atoms with Gasteiger partial charge in [-0.15, -0.1) is 10.2 Å². The molecule has 3 aromatic rings. The number of aromatic nitrogens is 5. The lowest BCUT2D eigenvalue weighted by molar-refractivity contribution is 0.143. The minimum atomic E-state index is -3.98. The predicted molar refractivity (Wildman–Crippen MR) is 129 cm³/mol. The molecular weight excluding hydrogens is 472 g/mol. The molecule has 0 saturated heterocycles. The van der Waals surface area contributed by atoms with Crippen molar-refractivity contribution in [1.29, 1.82) is 0 Å². The molecule has 0 aliphatic carbocycles. The van der Waals surface area contributed by atoms with Crippen LogP contribution in [-0.4, -0.2) is 63.8 Å². The summed E-state index contributed by atoms with van der Waals surface area (Å²) >= 11 is 0. The van der Waals surface area contributed by atoms with Crippen LogP contribution in [0.15, 0.2) is 42.7 Å². The summed E-state index contributed by atoms with van der Waals surface area (Å²) in [6.45, 7) is 5.99. The topological polar surface area (TPSA) is 141 Å². The largest absolute Gasteiger partial charge is 0.506 e. The van der Waals surface area contributed by atoms with E-state index < -0.39 is 21.2 Å². The molecule has 1 aromatic carbocycles. The molecule has 1 aliphatic rings. The van der Waals surface area contributed by atoms with Crippen LogP contribution in [0.25, 0.3) is 5.69 Å². The maximum Gasteiger partial charge on any atom is 0.243 e. The maximum atomic E-state index is 13.4. The van der Waals surface area contributed by atoms with Crippen LogP contribution in [0.5, 0.6) is 11.5 Å². The van der Waals surface area contributed by atoms with Gasteiger partial charge in [0.25, 0.3) is 0 Å². The Kier molecular flexibility index (Phi) is 7.03. The highest BCUT2D eigenvalue weighted by atomic mass is 32.2. The van der Waals surface area contributed by atoms with Crippen LogP contribution in [0.1, 0.15) is 42.9 Å². The molecule has 35 heavy (non-hydrogen) atoms. The van der Waals surface area contributed by atoms with Crippen molar-refractivity contribution >= 4 is 16.0 Å². The van der Waals surface area contributed by atoms with Gasteiger partial charge >= 0.3 is 0 Å². The van der Waals surface area contributed by atoms with E-state index in [0.29, 0.717) is 30.6 Å². The molecule has 3 atom stereocenters. The molecule has 186 valence electrons. The van der Waals surface area contributed by atoms with Crippen molar-refractivity contribution < 1.29 is 23.0 Å². The number of phenolic OH excluding ortho intramolecular Hbond substituents is 1. The van der Waals surface area contributed by atoms with Crippen LogP contribution in [0.3, 0.4) is 0 Å². The lowest BCUT2D eigenvalue weighted by Gasteiger charge is -2.22. The smallest absolute Gasteiger partial charge is 0.243 e. The first kappa shape index (κ1) is 24.6. The number of para-hydroxylation sites is 1. The molecule has 1 aliphatic heterocycles. The summed E-state index contributed by atoms with van der Waals surface area (Å²) in [5, 5.41) is 18.2. The van der Waals surface area contributed by atoms with Crippen LogP contribution >= 0.6 is 0 Å². The Morgan fingerprint density at radius 1 is 1.23 bits per heavy atom. The third-order valence-corrected chi connectivity index (χ3v) is 7.81. The first-order valence-electron chi connectivity index (χ1n) is 11.1. The summed E-state index contributed by atoms with van der Waals surface area (Å²) in [5.41, 5.74) is 1.10. The molecule has 0 amide bonds. The van der Waals surface area contributed by atoms with Gasteiger partial charge < -0.3 is 14.6 Å². The number of hydrogen-bond acceptors (Lipinski definition) is 9. The Balaban J connectivity index is 1.76. The third kappa shape index (κ3) is 4.98.